The van der Waals surface area contributed by atoms with Crippen molar-refractivity contribution in [3.8, 4) is 5.75 Å². The number of alkyl carbamates (subject to hydrolysis) is 1. The van der Waals surface area contributed by atoms with Gasteiger partial charge in [-0.2, -0.15) is 0 Å². The first kappa shape index (κ1) is 67.7. The summed E-state index contributed by atoms with van der Waals surface area (Å²) in [6.07, 6.45) is 2.43. The van der Waals surface area contributed by atoms with Crippen LogP contribution >= 0.6 is 11.3 Å². The number of anilines is 1. The number of amides is 6. The van der Waals surface area contributed by atoms with Crippen LogP contribution in [0.2, 0.25) is 0 Å². The Morgan fingerprint density at radius 3 is 2.11 bits per heavy atom. The zero-order valence-corrected chi connectivity index (χ0v) is 50.1. The Morgan fingerprint density at radius 2 is 1.54 bits per heavy atom. The second-order valence-electron chi connectivity index (χ2n) is 23.0. The predicted molar refractivity (Wildman–Crippen MR) is 302 cm³/mol. The number of nitrogens with zero attached hydrogens (tertiary/aromatic N) is 4. The van der Waals surface area contributed by atoms with Gasteiger partial charge in [-0.25, -0.2) is 9.78 Å². The molecular weight excluding hydrogens is 1050 g/mol. The van der Waals surface area contributed by atoms with Gasteiger partial charge in [0, 0.05) is 94.2 Å². The lowest BCUT2D eigenvalue weighted by atomic mass is 9.81. The Hall–Kier alpha value is -6.55. The first-order valence-electron chi connectivity index (χ1n) is 27.5. The van der Waals surface area contributed by atoms with Gasteiger partial charge >= 0.3 is 18.0 Å². The summed E-state index contributed by atoms with van der Waals surface area (Å²) < 4.78 is 11.1. The number of ketones is 2. The Kier molecular flexibility index (Phi) is 26.1. The number of phenols is 1. The van der Waals surface area contributed by atoms with Crippen molar-refractivity contribution >= 4 is 76.2 Å². The van der Waals surface area contributed by atoms with E-state index in [1.165, 1.54) is 24.4 Å². The van der Waals surface area contributed by atoms with Crippen molar-refractivity contribution < 1.29 is 67.6 Å². The van der Waals surface area contributed by atoms with Crippen LogP contribution < -0.4 is 16.0 Å². The molecule has 7 atom stereocenters. The van der Waals surface area contributed by atoms with Crippen LogP contribution in [0.1, 0.15) is 168 Å². The van der Waals surface area contributed by atoms with Crippen LogP contribution in [-0.4, -0.2) is 146 Å². The minimum absolute atomic E-state index is 0.0180. The molecule has 0 fully saturated rings. The molecule has 2 heterocycles. The standard InChI is InChI=1S/C58H87N7O14S/c1-15-35(4)41(31-48(69)58(10,11)63(12)13)54(74)64(14)44(34(2)3)32-47(78-37(6)66)53-62-43(33-80-53)52(73)60-40(27-36(5)46(68)30-39(55(75)76)19-16-17-25-59-56(77)79-57(7,8)9)28-38-21-22-45(67)42(29-38)61-49(70)20-18-26-65-50(71)23-24-51(65)72/h21-24,29,33-36,39-41,44,47,67H,15-20,25-28,30-32H2,1-14H3,(H,59,77)(H,60,73)(H,61,70)(H,75,76)/t35-,36?,39+,40+,41-,44+,47+/m0/s1. The third-order valence-corrected chi connectivity index (χ3v) is 15.7. The molecule has 80 heavy (non-hydrogen) atoms. The van der Waals surface area contributed by atoms with Crippen molar-refractivity contribution in [3.05, 3.63) is 52.0 Å². The molecule has 0 saturated carbocycles. The average Bonchev–Trinajstić information content (AvgIpc) is 3.99. The van der Waals surface area contributed by atoms with Crippen LogP contribution in [0.15, 0.2) is 35.7 Å². The Balaban J connectivity index is 1.90. The number of hydrogen-bond acceptors (Lipinski definition) is 16. The number of aromatic hydroxyl groups is 1. The lowest BCUT2D eigenvalue weighted by molar-refractivity contribution is -0.150. The number of unbranched alkanes of at least 4 members (excludes halogenated alkanes) is 1. The number of thiazole rings is 1. The molecule has 0 saturated heterocycles. The van der Waals surface area contributed by atoms with Gasteiger partial charge in [0.15, 0.2) is 11.9 Å². The molecule has 0 aliphatic carbocycles. The summed E-state index contributed by atoms with van der Waals surface area (Å²) in [4.78, 5) is 139. The van der Waals surface area contributed by atoms with Crippen LogP contribution in [0.4, 0.5) is 10.5 Å². The summed E-state index contributed by atoms with van der Waals surface area (Å²) in [7, 11) is 5.33. The maximum absolute atomic E-state index is 14.5. The maximum atomic E-state index is 14.5. The molecule has 0 bridgehead atoms. The molecule has 0 radical (unpaired) electrons. The van der Waals surface area contributed by atoms with Crippen molar-refractivity contribution in [1.29, 1.82) is 0 Å². The summed E-state index contributed by atoms with van der Waals surface area (Å²) in [5.74, 6) is -7.44. The number of esters is 1. The highest BCUT2D eigenvalue weighted by Crippen LogP contribution is 2.34. The number of phenolic OH excluding ortho intramolecular Hbond substituents is 1. The summed E-state index contributed by atoms with van der Waals surface area (Å²) >= 11 is 1.08. The third kappa shape index (κ3) is 21.2. The second-order valence-corrected chi connectivity index (χ2v) is 23.9. The second kappa shape index (κ2) is 30.9. The molecule has 21 nitrogen and oxygen atoms in total. The summed E-state index contributed by atoms with van der Waals surface area (Å²) in [5, 5.41) is 31.0. The van der Waals surface area contributed by atoms with Crippen molar-refractivity contribution in [3.63, 3.8) is 0 Å². The number of carbonyl (C=O) groups excluding carboxylic acids is 9. The molecule has 444 valence electrons. The molecule has 0 spiro atoms. The van der Waals surface area contributed by atoms with Gasteiger partial charge in [0.2, 0.25) is 11.8 Å². The van der Waals surface area contributed by atoms with E-state index in [1.807, 2.05) is 60.5 Å². The molecule has 5 N–H and O–H groups in total. The minimum Gasteiger partial charge on any atom is -0.506 e. The first-order chi connectivity index (χ1) is 37.2. The number of hydrogen-bond donors (Lipinski definition) is 5. The largest absolute Gasteiger partial charge is 0.506 e. The molecule has 3 rings (SSSR count). The van der Waals surface area contributed by atoms with Crippen molar-refractivity contribution in [2.75, 3.05) is 39.5 Å². The number of carboxylic acids is 1. The number of rotatable bonds is 33. The fraction of sp³-hybridized carbons (Fsp3) is 0.638. The number of aromatic nitrogens is 1. The van der Waals surface area contributed by atoms with E-state index in [2.05, 4.69) is 20.9 Å². The molecule has 22 heteroatoms. The van der Waals surface area contributed by atoms with E-state index >= 15 is 0 Å². The normalized spacial score (nSPS) is 15.4. The van der Waals surface area contributed by atoms with Gasteiger partial charge < -0.3 is 40.5 Å². The minimum atomic E-state index is -1.15. The summed E-state index contributed by atoms with van der Waals surface area (Å²) in [6, 6.07) is 3.15. The van der Waals surface area contributed by atoms with Crippen molar-refractivity contribution in [1.82, 2.24) is 30.3 Å². The van der Waals surface area contributed by atoms with Crippen LogP contribution in [0.25, 0.3) is 0 Å². The highest BCUT2D eigenvalue weighted by Gasteiger charge is 2.39. The van der Waals surface area contributed by atoms with Gasteiger partial charge in [-0.15, -0.1) is 11.3 Å². The molecule has 1 aromatic heterocycles. The van der Waals surface area contributed by atoms with E-state index in [0.717, 1.165) is 28.4 Å². The van der Waals surface area contributed by atoms with E-state index in [4.69, 9.17) is 9.47 Å². The fourth-order valence-corrected chi connectivity index (χ4v) is 9.96. The topological polar surface area (TPSA) is 288 Å². The predicted octanol–water partition coefficient (Wildman–Crippen LogP) is 7.65. The number of imide groups is 1. The zero-order chi connectivity index (χ0) is 60.4. The average molecular weight is 1140 g/mol. The Morgan fingerprint density at radius 1 is 0.887 bits per heavy atom. The highest BCUT2D eigenvalue weighted by atomic mass is 32.1. The van der Waals surface area contributed by atoms with E-state index in [9.17, 15) is 58.2 Å². The van der Waals surface area contributed by atoms with Crippen LogP contribution in [0, 0.1) is 29.6 Å². The van der Waals surface area contributed by atoms with Gasteiger partial charge in [-0.05, 0) is 110 Å². The molecule has 1 unspecified atom stereocenters. The summed E-state index contributed by atoms with van der Waals surface area (Å²) in [5.41, 5.74) is -0.945. The SMILES string of the molecule is CC[C@H](C)[C@H](CC(=O)C(C)(C)N(C)C)C(=O)N(C)[C@H](C[C@@H](OC(C)=O)c1nc(C(=O)N[C@@H](Cc2ccc(O)c(NC(=O)CCCN3C(=O)C=CC3=O)c2)CC(C)C(=O)C[C@@H](CCCCNC(=O)OC(C)(C)C)C(=O)O)cs1)C(C)C. The number of benzene rings is 1. The monoisotopic (exact) mass is 1140 g/mol. The van der Waals surface area contributed by atoms with E-state index in [1.54, 1.807) is 45.7 Å². The number of aliphatic carboxylic acids is 1. The first-order valence-corrected chi connectivity index (χ1v) is 28.4. The molecular formula is C58H87N7O14S. The van der Waals surface area contributed by atoms with Gasteiger partial charge in [0.05, 0.1) is 17.1 Å². The van der Waals surface area contributed by atoms with E-state index in [-0.39, 0.29) is 116 Å². The molecule has 2 aromatic rings. The number of nitrogens with one attached hydrogen (secondary N) is 3. The molecule has 6 amide bonds. The van der Waals surface area contributed by atoms with Gasteiger partial charge in [-0.1, -0.05) is 53.5 Å². The van der Waals surface area contributed by atoms with Gasteiger partial charge in [0.25, 0.3) is 17.7 Å². The quantitative estimate of drug-likeness (QED) is 0.0198. The van der Waals surface area contributed by atoms with Gasteiger partial charge in [-0.3, -0.25) is 53.0 Å². The smallest absolute Gasteiger partial charge is 0.407 e. The molecule has 1 aromatic carbocycles. The zero-order valence-electron chi connectivity index (χ0n) is 49.3. The number of likely N-dealkylation sites (N-methyl/N-ethyl adjacent to an activating group) is 1. The summed E-state index contributed by atoms with van der Waals surface area (Å²) in [6.45, 7) is 19.8. The Labute approximate surface area is 475 Å². The lowest BCUT2D eigenvalue weighted by Crippen LogP contribution is -2.50. The number of Topliss-reactive ketones (excluding diaryl/α,β-unsaturated/α-hetero) is 2. The van der Waals surface area contributed by atoms with Crippen molar-refractivity contribution in [2.24, 2.45) is 29.6 Å². The number of carbonyl (C=O) groups is 10. The number of ether oxygens (including phenoxy) is 2. The van der Waals surface area contributed by atoms with Crippen LogP contribution in [0.3, 0.4) is 0 Å². The van der Waals surface area contributed by atoms with Crippen LogP contribution in [-0.2, 0) is 54.3 Å². The fourth-order valence-electron chi connectivity index (χ4n) is 9.12. The van der Waals surface area contributed by atoms with E-state index < -0.39 is 88.7 Å². The molecule has 1 aliphatic heterocycles. The lowest BCUT2D eigenvalue weighted by Gasteiger charge is -2.38. The number of carboxylic acid groups (broad SMARTS) is 1. The Bertz CT molecular complexity index is 2530. The third-order valence-electron chi connectivity index (χ3n) is 14.7. The van der Waals surface area contributed by atoms with Crippen LogP contribution in [0.5, 0.6) is 5.75 Å². The van der Waals surface area contributed by atoms with Crippen molar-refractivity contribution in [2.45, 2.75) is 176 Å². The highest BCUT2D eigenvalue weighted by molar-refractivity contribution is 7.09. The maximum Gasteiger partial charge on any atom is 0.407 e. The molecule has 1 aliphatic rings. The van der Waals surface area contributed by atoms with Gasteiger partial charge in [0.1, 0.15) is 27.8 Å². The van der Waals surface area contributed by atoms with E-state index in [0.29, 0.717) is 24.8 Å².